The Morgan fingerprint density at radius 1 is 0.240 bits per heavy atom. The number of halogens is 33. The van der Waals surface area contributed by atoms with E-state index in [4.69, 9.17) is 0 Å². The molecule has 0 aliphatic carbocycles. The van der Waals surface area contributed by atoms with Crippen molar-refractivity contribution in [3.05, 3.63) is 0 Å². The molecule has 0 nitrogen and oxygen atoms in total. The molecule has 0 aliphatic rings. The molecule has 0 N–H and O–H groups in total. The molecule has 50 heavy (non-hydrogen) atoms. The Bertz CT molecular complexity index is 1220. The van der Waals surface area contributed by atoms with Gasteiger partial charge in [-0.1, -0.05) is 0 Å². The van der Waals surface area contributed by atoms with Gasteiger partial charge in [0.2, 0.25) is 0 Å². The van der Waals surface area contributed by atoms with Crippen molar-refractivity contribution in [3.8, 4) is 0 Å². The molecule has 0 spiro atoms. The second-order valence-corrected chi connectivity index (χ2v) is 9.23. The summed E-state index contributed by atoms with van der Waals surface area (Å²) >= 11 is 0. The van der Waals surface area contributed by atoms with Crippen LogP contribution in [0, 0.1) is 0 Å². The molecule has 0 unspecified atom stereocenters. The van der Waals surface area contributed by atoms with E-state index in [0.29, 0.717) is 0 Å². The van der Waals surface area contributed by atoms with Gasteiger partial charge in [-0.05, 0) is 0 Å². The van der Waals surface area contributed by atoms with Gasteiger partial charge in [0.05, 0.1) is 0 Å². The molecule has 0 fully saturated rings. The van der Waals surface area contributed by atoms with Crippen molar-refractivity contribution in [1.82, 2.24) is 0 Å². The summed E-state index contributed by atoms with van der Waals surface area (Å²) in [5.74, 6) is -142. The monoisotopic (exact) mass is 834 g/mol. The highest BCUT2D eigenvalue weighted by Crippen LogP contribution is 2.69. The average molecular weight is 834 g/mol. The smallest absolute Gasteiger partial charge is 0.244 e. The molecule has 0 saturated heterocycles. The lowest BCUT2D eigenvalue weighted by atomic mass is 9.83. The molecule has 0 heterocycles. The highest BCUT2D eigenvalue weighted by Gasteiger charge is 3.01. The zero-order valence-electron chi connectivity index (χ0n) is 21.3. The van der Waals surface area contributed by atoms with E-state index < -0.39 is 102 Å². The van der Waals surface area contributed by atoms with Crippen LogP contribution in [0.15, 0.2) is 0 Å². The van der Waals surface area contributed by atoms with Crippen molar-refractivity contribution < 1.29 is 145 Å². The summed E-state index contributed by atoms with van der Waals surface area (Å²) in [6, 6.07) is 0. The Labute approximate surface area is 248 Å². The molecular weight excluding hydrogens is 831 g/mol. The lowest BCUT2D eigenvalue weighted by Crippen LogP contribution is -2.79. The Morgan fingerprint density at radius 3 is 0.520 bits per heavy atom. The fourth-order valence-electron chi connectivity index (χ4n) is 2.83. The third-order valence-corrected chi connectivity index (χ3v) is 6.05. The van der Waals surface area contributed by atoms with Crippen molar-refractivity contribution in [2.45, 2.75) is 95.3 Å². The van der Waals surface area contributed by atoms with Crippen molar-refractivity contribution in [1.29, 1.82) is 0 Å². The van der Waals surface area contributed by atoms with Gasteiger partial charge in [-0.15, -0.1) is 0 Å². The Balaban J connectivity index is 7.68. The first-order valence-electron chi connectivity index (χ1n) is 10.5. The molecule has 0 radical (unpaired) electrons. The Morgan fingerprint density at radius 2 is 0.380 bits per heavy atom. The van der Waals surface area contributed by atoms with Crippen LogP contribution in [-0.2, 0) is 0 Å². The first kappa shape index (κ1) is 47.7. The summed E-state index contributed by atoms with van der Waals surface area (Å²) in [6.45, 7) is -4.41. The van der Waals surface area contributed by atoms with Crippen LogP contribution in [0.25, 0.3) is 0 Å². The summed E-state index contributed by atoms with van der Waals surface area (Å²) in [6.07, 6.45) is -6.48. The van der Waals surface area contributed by atoms with Crippen LogP contribution in [0.1, 0.15) is 0 Å². The van der Waals surface area contributed by atoms with E-state index in [-0.39, 0.29) is 0 Å². The Hall–Kier alpha value is -2.31. The van der Waals surface area contributed by atoms with E-state index in [1.807, 2.05) is 0 Å². The third-order valence-electron chi connectivity index (χ3n) is 6.05. The molecule has 0 rings (SSSR count). The summed E-state index contributed by atoms with van der Waals surface area (Å²) < 4.78 is 438. The van der Waals surface area contributed by atoms with E-state index in [1.54, 1.807) is 0 Å². The maximum absolute atomic E-state index is 13.7. The molecule has 302 valence electrons. The maximum atomic E-state index is 13.7. The predicted molar refractivity (Wildman–Crippen MR) is 86.2 cm³/mol. The van der Waals surface area contributed by atoms with Crippen molar-refractivity contribution >= 4 is 0 Å². The number of rotatable bonds is 16. The van der Waals surface area contributed by atoms with Crippen LogP contribution in [0.4, 0.5) is 145 Å². The van der Waals surface area contributed by atoms with Crippen molar-refractivity contribution in [3.63, 3.8) is 0 Å². The second kappa shape index (κ2) is 11.6. The minimum Gasteiger partial charge on any atom is -0.244 e. The van der Waals surface area contributed by atoms with Crippen molar-refractivity contribution in [2.24, 2.45) is 0 Å². The summed E-state index contributed by atoms with van der Waals surface area (Å²) in [4.78, 5) is 0. The average Bonchev–Trinajstić information content (AvgIpc) is 2.91. The van der Waals surface area contributed by atoms with Gasteiger partial charge in [-0.2, -0.15) is 132 Å². The second-order valence-electron chi connectivity index (χ2n) is 9.23. The van der Waals surface area contributed by atoms with Gasteiger partial charge < -0.3 is 0 Å². The zero-order chi connectivity index (χ0) is 41.8. The molecule has 33 heteroatoms. The fraction of sp³-hybridized carbons (Fsp3) is 1.00. The van der Waals surface area contributed by atoms with E-state index >= 15 is 0 Å². The van der Waals surface area contributed by atoms with Gasteiger partial charge >= 0.3 is 95.3 Å². The van der Waals surface area contributed by atoms with Crippen molar-refractivity contribution in [2.75, 3.05) is 6.67 Å². The Kier molecular flexibility index (Phi) is 11.1. The van der Waals surface area contributed by atoms with Gasteiger partial charge in [-0.3, -0.25) is 0 Å². The molecule has 0 aromatic heterocycles. The first-order valence-corrected chi connectivity index (χ1v) is 10.5. The molecule has 0 aromatic carbocycles. The zero-order valence-corrected chi connectivity index (χ0v) is 21.3. The summed E-state index contributed by atoms with van der Waals surface area (Å²) in [7, 11) is 0. The largest absolute Gasteiger partial charge is 0.385 e. The molecule has 0 bridgehead atoms. The van der Waals surface area contributed by atoms with Crippen LogP contribution in [-0.4, -0.2) is 102 Å². The number of alkyl halides is 33. The predicted octanol–water partition coefficient (Wildman–Crippen LogP) is 10.8. The van der Waals surface area contributed by atoms with Crippen LogP contribution >= 0.6 is 0 Å². The normalized spacial score (nSPS) is 17.2. The first-order chi connectivity index (χ1) is 21.0. The molecule has 0 amide bonds. The van der Waals surface area contributed by atoms with Crippen LogP contribution < -0.4 is 0 Å². The maximum Gasteiger partial charge on any atom is 0.385 e. The van der Waals surface area contributed by atoms with Gasteiger partial charge in [0.25, 0.3) is 0 Å². The number of hydrogen-bond donors (Lipinski definition) is 0. The van der Waals surface area contributed by atoms with Gasteiger partial charge in [-0.25, -0.2) is 13.2 Å². The van der Waals surface area contributed by atoms with E-state index in [2.05, 4.69) is 0 Å². The number of hydrogen-bond acceptors (Lipinski definition) is 0. The molecule has 0 saturated carbocycles. The minimum atomic E-state index is -10.2. The SMILES string of the molecule is FCC(F)(F)C(F)(F)C(F)(F)C(F)(F)C(F)(F)C(F)(F)C(F)(F)C(F)(F)C(F)(F)C(F)(F)C(F)(F)C(F)(F)C(F)(F)C(F)(F)C(F)(F)C(F)F. The van der Waals surface area contributed by atoms with Crippen LogP contribution in [0.2, 0.25) is 0 Å². The fourth-order valence-corrected chi connectivity index (χ4v) is 2.83. The quantitative estimate of drug-likeness (QED) is 0.136. The van der Waals surface area contributed by atoms with E-state index in [0.717, 1.165) is 0 Å². The minimum absolute atomic E-state index is 4.41. The summed E-state index contributed by atoms with van der Waals surface area (Å²) in [5.41, 5.74) is 0. The van der Waals surface area contributed by atoms with E-state index in [1.165, 1.54) is 0 Å². The lowest BCUT2D eigenvalue weighted by molar-refractivity contribution is -0.488. The van der Waals surface area contributed by atoms with Crippen LogP contribution in [0.3, 0.4) is 0 Å². The highest BCUT2D eigenvalue weighted by molar-refractivity contribution is 5.22. The van der Waals surface area contributed by atoms with Gasteiger partial charge in [0, 0.05) is 0 Å². The third kappa shape index (κ3) is 5.18. The molecule has 0 aromatic rings. The highest BCUT2D eigenvalue weighted by atomic mass is 19.4. The molecule has 0 aliphatic heterocycles. The van der Waals surface area contributed by atoms with Crippen LogP contribution in [0.5, 0.6) is 0 Å². The summed E-state index contributed by atoms with van der Waals surface area (Å²) in [5, 5.41) is 0. The topological polar surface area (TPSA) is 0 Å². The standard InChI is InChI=1S/C17H3F33/c18-1-3(21,22)5(25,26)7(29,30)9(33,34)11(37,38)13(41,42)15(45,46)17(49,50)16(47,48)14(43,44)12(39,40)10(35,36)8(31,32)6(27,28)4(23,24)2(19)20/h2H,1H2. The van der Waals surface area contributed by atoms with Gasteiger partial charge in [0.1, 0.15) is 0 Å². The molecular formula is C17H3F33. The lowest BCUT2D eigenvalue weighted by Gasteiger charge is -2.46. The van der Waals surface area contributed by atoms with E-state index in [9.17, 15) is 145 Å². The van der Waals surface area contributed by atoms with Gasteiger partial charge in [0.15, 0.2) is 6.67 Å². The molecule has 0 atom stereocenters.